The molecule has 1 rings (SSSR count). The summed E-state index contributed by atoms with van der Waals surface area (Å²) in [6.07, 6.45) is 3.92. The van der Waals surface area contributed by atoms with E-state index in [-0.39, 0.29) is 0 Å². The summed E-state index contributed by atoms with van der Waals surface area (Å²) in [4.78, 5) is 1.52. The lowest BCUT2D eigenvalue weighted by atomic mass is 10.0. The van der Waals surface area contributed by atoms with E-state index in [0.29, 0.717) is 6.04 Å². The zero-order valence-electron chi connectivity index (χ0n) is 10.3. The fraction of sp³-hybridized carbons (Fsp3) is 0.692. The topological polar surface area (TPSA) is 12.0 Å². The maximum atomic E-state index is 3.43. The molecule has 0 spiro atoms. The van der Waals surface area contributed by atoms with Crippen LogP contribution in [0.2, 0.25) is 0 Å². The summed E-state index contributed by atoms with van der Waals surface area (Å²) in [7, 11) is 2.07. The maximum absolute atomic E-state index is 3.43. The first-order chi connectivity index (χ1) is 7.15. The van der Waals surface area contributed by atoms with Crippen LogP contribution in [0.15, 0.2) is 11.4 Å². The Morgan fingerprint density at radius 3 is 2.53 bits per heavy atom. The van der Waals surface area contributed by atoms with Crippen LogP contribution in [-0.4, -0.2) is 7.05 Å². The molecule has 86 valence electrons. The molecular formula is C13H23NS. The Labute approximate surface area is 97.9 Å². The van der Waals surface area contributed by atoms with E-state index in [1.165, 1.54) is 29.7 Å². The summed E-state index contributed by atoms with van der Waals surface area (Å²) >= 11 is 1.88. The van der Waals surface area contributed by atoms with Crippen LogP contribution in [0.5, 0.6) is 0 Å². The summed E-state index contributed by atoms with van der Waals surface area (Å²) in [6.45, 7) is 6.80. The van der Waals surface area contributed by atoms with E-state index in [0.717, 1.165) is 5.92 Å². The number of hydrogen-bond donors (Lipinski definition) is 1. The zero-order valence-corrected chi connectivity index (χ0v) is 11.2. The monoisotopic (exact) mass is 225 g/mol. The van der Waals surface area contributed by atoms with Gasteiger partial charge in [0.25, 0.3) is 0 Å². The number of nitrogens with one attached hydrogen (secondary N) is 1. The van der Waals surface area contributed by atoms with E-state index >= 15 is 0 Å². The first-order valence-electron chi connectivity index (χ1n) is 5.86. The third-order valence-corrected chi connectivity index (χ3v) is 3.97. The van der Waals surface area contributed by atoms with Gasteiger partial charge in [-0.05, 0) is 43.3 Å². The van der Waals surface area contributed by atoms with Gasteiger partial charge >= 0.3 is 0 Å². The molecule has 1 nitrogen and oxygen atoms in total. The molecule has 15 heavy (non-hydrogen) atoms. The maximum Gasteiger partial charge on any atom is 0.0415 e. The molecule has 1 heterocycles. The van der Waals surface area contributed by atoms with Gasteiger partial charge in [0.1, 0.15) is 0 Å². The van der Waals surface area contributed by atoms with Crippen molar-refractivity contribution < 1.29 is 0 Å². The van der Waals surface area contributed by atoms with Crippen LogP contribution in [0.25, 0.3) is 0 Å². The van der Waals surface area contributed by atoms with Crippen molar-refractivity contribution in [1.29, 1.82) is 0 Å². The molecule has 0 aliphatic rings. The minimum Gasteiger partial charge on any atom is -0.312 e. The highest BCUT2D eigenvalue weighted by Crippen LogP contribution is 2.27. The van der Waals surface area contributed by atoms with Crippen LogP contribution in [-0.2, 0) is 0 Å². The molecule has 1 atom stereocenters. The van der Waals surface area contributed by atoms with Gasteiger partial charge in [0.05, 0.1) is 0 Å². The number of thiophene rings is 1. The average Bonchev–Trinajstić information content (AvgIpc) is 2.59. The molecular weight excluding hydrogens is 202 g/mol. The summed E-state index contributed by atoms with van der Waals surface area (Å²) in [5, 5.41) is 5.62. The standard InChI is InChI=1S/C13H23NS/c1-10(2)6-5-7-12(14-4)13-11(3)8-9-15-13/h8-10,12,14H,5-7H2,1-4H3. The molecule has 1 aromatic rings. The van der Waals surface area contributed by atoms with E-state index < -0.39 is 0 Å². The van der Waals surface area contributed by atoms with Crippen LogP contribution in [0.4, 0.5) is 0 Å². The van der Waals surface area contributed by atoms with Crippen molar-refractivity contribution in [3.8, 4) is 0 Å². The molecule has 0 aliphatic carbocycles. The summed E-state index contributed by atoms with van der Waals surface area (Å²) in [6, 6.07) is 2.77. The van der Waals surface area contributed by atoms with Crippen LogP contribution >= 0.6 is 11.3 Å². The summed E-state index contributed by atoms with van der Waals surface area (Å²) in [5.41, 5.74) is 1.43. The van der Waals surface area contributed by atoms with E-state index in [9.17, 15) is 0 Å². The van der Waals surface area contributed by atoms with Gasteiger partial charge in [-0.25, -0.2) is 0 Å². The number of hydrogen-bond acceptors (Lipinski definition) is 2. The van der Waals surface area contributed by atoms with E-state index in [1.54, 1.807) is 0 Å². The summed E-state index contributed by atoms with van der Waals surface area (Å²) < 4.78 is 0. The van der Waals surface area contributed by atoms with Crippen LogP contribution in [0, 0.1) is 12.8 Å². The highest BCUT2D eigenvalue weighted by molar-refractivity contribution is 7.10. The lowest BCUT2D eigenvalue weighted by molar-refractivity contribution is 0.474. The predicted molar refractivity (Wildman–Crippen MR) is 69.5 cm³/mol. The van der Waals surface area contributed by atoms with E-state index in [1.807, 2.05) is 11.3 Å². The molecule has 0 saturated heterocycles. The van der Waals surface area contributed by atoms with Gasteiger partial charge in [-0.3, -0.25) is 0 Å². The highest BCUT2D eigenvalue weighted by Gasteiger charge is 2.12. The first-order valence-corrected chi connectivity index (χ1v) is 6.74. The molecule has 1 unspecified atom stereocenters. The molecule has 0 aliphatic heterocycles. The second kappa shape index (κ2) is 6.29. The van der Waals surface area contributed by atoms with Gasteiger partial charge in [0, 0.05) is 10.9 Å². The van der Waals surface area contributed by atoms with Gasteiger partial charge in [-0.1, -0.05) is 26.7 Å². The molecule has 0 amide bonds. The van der Waals surface area contributed by atoms with Crippen molar-refractivity contribution in [2.24, 2.45) is 5.92 Å². The SMILES string of the molecule is CNC(CCCC(C)C)c1sccc1C. The van der Waals surface area contributed by atoms with Crippen molar-refractivity contribution >= 4 is 11.3 Å². The Morgan fingerprint density at radius 2 is 2.07 bits per heavy atom. The smallest absolute Gasteiger partial charge is 0.0415 e. The Balaban J connectivity index is 2.46. The molecule has 0 fully saturated rings. The van der Waals surface area contributed by atoms with Gasteiger partial charge in [0.15, 0.2) is 0 Å². The molecule has 2 heteroatoms. The van der Waals surface area contributed by atoms with Crippen molar-refractivity contribution in [2.75, 3.05) is 7.05 Å². The van der Waals surface area contributed by atoms with Gasteiger partial charge in [-0.2, -0.15) is 0 Å². The van der Waals surface area contributed by atoms with Crippen molar-refractivity contribution in [1.82, 2.24) is 5.32 Å². The van der Waals surface area contributed by atoms with Crippen molar-refractivity contribution in [3.05, 3.63) is 21.9 Å². The lowest BCUT2D eigenvalue weighted by Gasteiger charge is -2.16. The highest BCUT2D eigenvalue weighted by atomic mass is 32.1. The van der Waals surface area contributed by atoms with Gasteiger partial charge in [-0.15, -0.1) is 11.3 Å². The van der Waals surface area contributed by atoms with Gasteiger partial charge in [0.2, 0.25) is 0 Å². The number of rotatable bonds is 6. The molecule has 1 N–H and O–H groups in total. The zero-order chi connectivity index (χ0) is 11.3. The molecule has 0 bridgehead atoms. The normalized spacial score (nSPS) is 13.4. The molecule has 0 saturated carbocycles. The van der Waals surface area contributed by atoms with Crippen LogP contribution < -0.4 is 5.32 Å². The largest absolute Gasteiger partial charge is 0.312 e. The van der Waals surface area contributed by atoms with Crippen molar-refractivity contribution in [3.63, 3.8) is 0 Å². The quantitative estimate of drug-likeness (QED) is 0.767. The van der Waals surface area contributed by atoms with E-state index in [4.69, 9.17) is 0 Å². The predicted octanol–water partition coefficient (Wildman–Crippen LogP) is 4.14. The minimum absolute atomic E-state index is 0.559. The van der Waals surface area contributed by atoms with E-state index in [2.05, 4.69) is 44.6 Å². The van der Waals surface area contributed by atoms with Crippen LogP contribution in [0.3, 0.4) is 0 Å². The third-order valence-electron chi connectivity index (χ3n) is 2.84. The van der Waals surface area contributed by atoms with Gasteiger partial charge < -0.3 is 5.32 Å². The lowest BCUT2D eigenvalue weighted by Crippen LogP contribution is -2.16. The minimum atomic E-state index is 0.559. The molecule has 1 aromatic heterocycles. The van der Waals surface area contributed by atoms with Crippen molar-refractivity contribution in [2.45, 2.75) is 46.1 Å². The fourth-order valence-corrected chi connectivity index (χ4v) is 2.95. The second-order valence-corrected chi connectivity index (χ2v) is 5.58. The third kappa shape index (κ3) is 3.96. The Hall–Kier alpha value is -0.340. The Bertz CT molecular complexity index is 278. The average molecular weight is 225 g/mol. The Morgan fingerprint density at radius 1 is 1.33 bits per heavy atom. The molecule has 0 radical (unpaired) electrons. The Kier molecular flexibility index (Phi) is 5.34. The number of aryl methyl sites for hydroxylation is 1. The molecule has 0 aromatic carbocycles. The fourth-order valence-electron chi connectivity index (χ4n) is 1.88. The first kappa shape index (κ1) is 12.7. The van der Waals surface area contributed by atoms with Crippen LogP contribution in [0.1, 0.15) is 49.6 Å². The summed E-state index contributed by atoms with van der Waals surface area (Å²) in [5.74, 6) is 0.826. The second-order valence-electron chi connectivity index (χ2n) is 4.63.